The molecule has 100 valence electrons. The van der Waals surface area contributed by atoms with Crippen molar-refractivity contribution < 1.29 is 0 Å². The molecule has 2 nitrogen and oxygen atoms in total. The highest BCUT2D eigenvalue weighted by Crippen LogP contribution is 2.31. The second-order valence-corrected chi connectivity index (χ2v) is 6.09. The van der Waals surface area contributed by atoms with Crippen LogP contribution in [0.15, 0.2) is 12.1 Å². The lowest BCUT2D eigenvalue weighted by Crippen LogP contribution is -2.46. The van der Waals surface area contributed by atoms with E-state index in [1.807, 2.05) is 6.92 Å². The normalized spacial score (nSPS) is 28.5. The average molecular weight is 267 g/mol. The summed E-state index contributed by atoms with van der Waals surface area (Å²) in [5.41, 5.74) is 2.22. The van der Waals surface area contributed by atoms with Crippen LogP contribution in [-0.2, 0) is 5.88 Å². The van der Waals surface area contributed by atoms with Crippen molar-refractivity contribution in [2.75, 3.05) is 11.4 Å². The molecule has 3 atom stereocenters. The molecule has 0 N–H and O–H groups in total. The standard InChI is InChI=1S/C15H23ClN2/c1-10-5-11(2)13(4)18(9-10)15-7-14(8-16)6-12(3)17-15/h6-7,10-11,13H,5,8-9H2,1-4H3. The topological polar surface area (TPSA) is 16.1 Å². The summed E-state index contributed by atoms with van der Waals surface area (Å²) in [5, 5.41) is 0. The summed E-state index contributed by atoms with van der Waals surface area (Å²) in [5.74, 6) is 3.11. The molecule has 0 aliphatic carbocycles. The summed E-state index contributed by atoms with van der Waals surface area (Å²) in [6.07, 6.45) is 1.31. The van der Waals surface area contributed by atoms with Gasteiger partial charge in [-0.25, -0.2) is 4.98 Å². The number of rotatable bonds is 2. The third-order valence-electron chi connectivity index (χ3n) is 4.05. The number of pyridine rings is 1. The summed E-state index contributed by atoms with van der Waals surface area (Å²) in [6.45, 7) is 10.1. The van der Waals surface area contributed by atoms with Gasteiger partial charge in [0.2, 0.25) is 0 Å². The van der Waals surface area contributed by atoms with Gasteiger partial charge < -0.3 is 4.90 Å². The first-order valence-corrected chi connectivity index (χ1v) is 7.35. The minimum Gasteiger partial charge on any atom is -0.353 e. The van der Waals surface area contributed by atoms with Gasteiger partial charge >= 0.3 is 0 Å². The van der Waals surface area contributed by atoms with Crippen LogP contribution in [0.3, 0.4) is 0 Å². The van der Waals surface area contributed by atoms with Crippen molar-refractivity contribution in [2.45, 2.75) is 46.0 Å². The minimum atomic E-state index is 0.554. The molecule has 0 radical (unpaired) electrons. The van der Waals surface area contributed by atoms with Gasteiger partial charge in [-0.15, -0.1) is 11.6 Å². The zero-order valence-electron chi connectivity index (χ0n) is 11.8. The zero-order chi connectivity index (χ0) is 13.3. The van der Waals surface area contributed by atoms with E-state index in [1.54, 1.807) is 0 Å². The van der Waals surface area contributed by atoms with Crippen LogP contribution in [0.25, 0.3) is 0 Å². The number of anilines is 1. The number of aryl methyl sites for hydroxylation is 1. The van der Waals surface area contributed by atoms with Gasteiger partial charge in [-0.05, 0) is 49.8 Å². The highest BCUT2D eigenvalue weighted by atomic mass is 35.5. The van der Waals surface area contributed by atoms with E-state index in [2.05, 4.69) is 37.8 Å². The highest BCUT2D eigenvalue weighted by Gasteiger charge is 2.29. The van der Waals surface area contributed by atoms with Gasteiger partial charge in [0.1, 0.15) is 5.82 Å². The van der Waals surface area contributed by atoms with E-state index in [4.69, 9.17) is 16.6 Å². The summed E-state index contributed by atoms with van der Waals surface area (Å²) < 4.78 is 0. The van der Waals surface area contributed by atoms with E-state index in [0.29, 0.717) is 11.9 Å². The summed E-state index contributed by atoms with van der Waals surface area (Å²) in [4.78, 5) is 7.14. The fraction of sp³-hybridized carbons (Fsp3) is 0.667. The van der Waals surface area contributed by atoms with E-state index in [9.17, 15) is 0 Å². The van der Waals surface area contributed by atoms with E-state index < -0.39 is 0 Å². The molecular weight excluding hydrogens is 244 g/mol. The number of hydrogen-bond donors (Lipinski definition) is 0. The molecule has 3 heteroatoms. The average Bonchev–Trinajstić information content (AvgIpc) is 2.32. The van der Waals surface area contributed by atoms with Crippen LogP contribution < -0.4 is 4.90 Å². The van der Waals surface area contributed by atoms with Crippen LogP contribution in [0, 0.1) is 18.8 Å². The first kappa shape index (κ1) is 13.7. The van der Waals surface area contributed by atoms with Crippen molar-refractivity contribution >= 4 is 17.4 Å². The summed E-state index contributed by atoms with van der Waals surface area (Å²) >= 11 is 5.96. The van der Waals surface area contributed by atoms with Crippen molar-refractivity contribution in [3.05, 3.63) is 23.4 Å². The van der Waals surface area contributed by atoms with Crippen molar-refractivity contribution in [1.29, 1.82) is 0 Å². The second-order valence-electron chi connectivity index (χ2n) is 5.82. The lowest BCUT2D eigenvalue weighted by molar-refractivity contribution is 0.295. The van der Waals surface area contributed by atoms with Gasteiger partial charge in [0, 0.05) is 24.2 Å². The van der Waals surface area contributed by atoms with Crippen LogP contribution >= 0.6 is 11.6 Å². The quantitative estimate of drug-likeness (QED) is 0.752. The molecule has 1 saturated heterocycles. The van der Waals surface area contributed by atoms with Gasteiger partial charge in [0.25, 0.3) is 0 Å². The van der Waals surface area contributed by atoms with Crippen LogP contribution in [0.4, 0.5) is 5.82 Å². The third-order valence-corrected chi connectivity index (χ3v) is 4.35. The molecule has 0 aromatic carbocycles. The highest BCUT2D eigenvalue weighted by molar-refractivity contribution is 6.17. The Bertz CT molecular complexity index is 419. The number of piperidine rings is 1. The molecule has 1 aliphatic rings. The molecule has 1 fully saturated rings. The molecule has 0 amide bonds. The number of halogens is 1. The van der Waals surface area contributed by atoms with E-state index in [-0.39, 0.29) is 0 Å². The zero-order valence-corrected chi connectivity index (χ0v) is 12.5. The number of aromatic nitrogens is 1. The molecule has 0 spiro atoms. The SMILES string of the molecule is Cc1cc(CCl)cc(N2CC(C)CC(C)C2C)n1. The van der Waals surface area contributed by atoms with Crippen molar-refractivity contribution in [3.8, 4) is 0 Å². The molecule has 2 rings (SSSR count). The maximum atomic E-state index is 5.96. The smallest absolute Gasteiger partial charge is 0.129 e. The Kier molecular flexibility index (Phi) is 4.16. The molecule has 0 bridgehead atoms. The van der Waals surface area contributed by atoms with E-state index >= 15 is 0 Å². The maximum absolute atomic E-state index is 5.96. The fourth-order valence-electron chi connectivity index (χ4n) is 2.96. The number of nitrogens with zero attached hydrogens (tertiary/aromatic N) is 2. The molecule has 1 aromatic heterocycles. The van der Waals surface area contributed by atoms with Crippen molar-refractivity contribution in [1.82, 2.24) is 4.98 Å². The monoisotopic (exact) mass is 266 g/mol. The molecule has 1 aromatic rings. The van der Waals surface area contributed by atoms with Gasteiger partial charge in [-0.1, -0.05) is 13.8 Å². The Morgan fingerprint density at radius 3 is 2.72 bits per heavy atom. The number of alkyl halides is 1. The predicted octanol–water partition coefficient (Wildman–Crippen LogP) is 4.00. The van der Waals surface area contributed by atoms with Crippen LogP contribution in [0.2, 0.25) is 0 Å². The molecule has 18 heavy (non-hydrogen) atoms. The Labute approximate surface area is 115 Å². The molecule has 2 heterocycles. The van der Waals surface area contributed by atoms with E-state index in [1.165, 1.54) is 6.42 Å². The summed E-state index contributed by atoms with van der Waals surface area (Å²) in [6, 6.07) is 4.76. The maximum Gasteiger partial charge on any atom is 0.129 e. The Morgan fingerprint density at radius 1 is 1.33 bits per heavy atom. The predicted molar refractivity (Wildman–Crippen MR) is 78.3 cm³/mol. The first-order valence-electron chi connectivity index (χ1n) is 6.81. The van der Waals surface area contributed by atoms with Crippen LogP contribution in [0.5, 0.6) is 0 Å². The van der Waals surface area contributed by atoms with Crippen molar-refractivity contribution in [2.24, 2.45) is 11.8 Å². The third kappa shape index (κ3) is 2.80. The molecule has 3 unspecified atom stereocenters. The Balaban J connectivity index is 2.31. The minimum absolute atomic E-state index is 0.554. The lowest BCUT2D eigenvalue weighted by atomic mass is 9.86. The molecule has 1 aliphatic heterocycles. The molecule has 0 saturated carbocycles. The Morgan fingerprint density at radius 2 is 2.06 bits per heavy atom. The first-order chi connectivity index (χ1) is 8.51. The van der Waals surface area contributed by atoms with Gasteiger partial charge in [0.15, 0.2) is 0 Å². The largest absolute Gasteiger partial charge is 0.353 e. The Hall–Kier alpha value is -0.760. The number of hydrogen-bond acceptors (Lipinski definition) is 2. The van der Waals surface area contributed by atoms with E-state index in [0.717, 1.165) is 35.5 Å². The van der Waals surface area contributed by atoms with Gasteiger partial charge in [-0.3, -0.25) is 0 Å². The second kappa shape index (κ2) is 5.48. The van der Waals surface area contributed by atoms with Gasteiger partial charge in [-0.2, -0.15) is 0 Å². The van der Waals surface area contributed by atoms with Crippen molar-refractivity contribution in [3.63, 3.8) is 0 Å². The van der Waals surface area contributed by atoms with Crippen LogP contribution in [0.1, 0.15) is 38.4 Å². The lowest BCUT2D eigenvalue weighted by Gasteiger charge is -2.42. The fourth-order valence-corrected chi connectivity index (χ4v) is 3.12. The molecular formula is C15H23ClN2. The summed E-state index contributed by atoms with van der Waals surface area (Å²) in [7, 11) is 0. The van der Waals surface area contributed by atoms with Gasteiger partial charge in [0.05, 0.1) is 0 Å². The van der Waals surface area contributed by atoms with Crippen LogP contribution in [-0.4, -0.2) is 17.6 Å².